The van der Waals surface area contributed by atoms with E-state index in [1.54, 1.807) is 0 Å². The SMILES string of the molecule is c1ccc2cc(-c3c4ccccc4c(-c4ccc(-c5cccc6ccc(-c7ccc8cccc(-c9c%10ccccc%10c(-c%10cccc%11oc%12ccccc%12c%10%11)c%10ccccc9%10)c8c7)cc56)cc4)c4ccccc34)ccc2c1. The van der Waals surface area contributed by atoms with Gasteiger partial charge in [-0.3, -0.25) is 0 Å². The first kappa shape index (κ1) is 43.3. The lowest BCUT2D eigenvalue weighted by Crippen LogP contribution is -1.92. The highest BCUT2D eigenvalue weighted by Crippen LogP contribution is 2.49. The molecule has 0 radical (unpaired) electrons. The van der Waals surface area contributed by atoms with Crippen molar-refractivity contribution in [1.29, 1.82) is 0 Å². The Bertz CT molecular complexity index is 4980. The number of furan rings is 1. The van der Waals surface area contributed by atoms with Crippen molar-refractivity contribution in [2.75, 3.05) is 0 Å². The van der Waals surface area contributed by atoms with Crippen molar-refractivity contribution in [1.82, 2.24) is 0 Å². The van der Waals surface area contributed by atoms with Crippen molar-refractivity contribution < 1.29 is 4.42 Å². The molecule has 0 aliphatic rings. The number of hydrogen-bond acceptors (Lipinski definition) is 1. The molecule has 0 amide bonds. The molecule has 1 nitrogen and oxygen atoms in total. The van der Waals surface area contributed by atoms with E-state index < -0.39 is 0 Å². The minimum atomic E-state index is 0.902. The zero-order valence-electron chi connectivity index (χ0n) is 42.0. The Morgan fingerprint density at radius 1 is 0.182 bits per heavy atom. The molecule has 0 fully saturated rings. The largest absolute Gasteiger partial charge is 0.456 e. The second-order valence-electron chi connectivity index (χ2n) is 20.6. The van der Waals surface area contributed by atoms with Gasteiger partial charge in [-0.05, 0) is 173 Å². The second kappa shape index (κ2) is 17.2. The van der Waals surface area contributed by atoms with Crippen LogP contribution in [0.2, 0.25) is 0 Å². The smallest absolute Gasteiger partial charge is 0.136 e. The third kappa shape index (κ3) is 6.81. The molecular weight excluding hydrogens is 929 g/mol. The summed E-state index contributed by atoms with van der Waals surface area (Å²) in [6, 6.07) is 103. The summed E-state index contributed by atoms with van der Waals surface area (Å²) in [4.78, 5) is 0. The maximum atomic E-state index is 6.45. The molecule has 0 aliphatic heterocycles. The minimum absolute atomic E-state index is 0.902. The number of rotatable bonds is 6. The van der Waals surface area contributed by atoms with Crippen molar-refractivity contribution >= 4 is 97.3 Å². The predicted molar refractivity (Wildman–Crippen MR) is 329 cm³/mol. The van der Waals surface area contributed by atoms with E-state index in [0.29, 0.717) is 0 Å². The summed E-state index contributed by atoms with van der Waals surface area (Å²) in [5.41, 5.74) is 16.5. The molecule has 0 saturated heterocycles. The van der Waals surface area contributed by atoms with Gasteiger partial charge in [0.25, 0.3) is 0 Å². The van der Waals surface area contributed by atoms with E-state index in [4.69, 9.17) is 4.42 Å². The molecule has 356 valence electrons. The van der Waals surface area contributed by atoms with Gasteiger partial charge < -0.3 is 4.42 Å². The molecule has 0 atom stereocenters. The summed E-state index contributed by atoms with van der Waals surface area (Å²) in [6.45, 7) is 0. The Morgan fingerprint density at radius 3 is 1.16 bits per heavy atom. The maximum Gasteiger partial charge on any atom is 0.136 e. The van der Waals surface area contributed by atoms with E-state index in [1.807, 2.05) is 6.07 Å². The number of benzene rings is 15. The van der Waals surface area contributed by atoms with Gasteiger partial charge in [-0.25, -0.2) is 0 Å². The van der Waals surface area contributed by atoms with Crippen LogP contribution < -0.4 is 0 Å². The van der Waals surface area contributed by atoms with Gasteiger partial charge in [-0.2, -0.15) is 0 Å². The standard InChI is InChI=1S/C76H46O/c1-2-17-52-44-55(43-34-47(52)16-1)73-59-22-5-3-20-57(59)72(58-21-4-6-23-60(58)73)51-39-35-50(36-40-51)56-29-13-18-48-37-41-53(45-68(48)56)54-42-38-49-19-14-30-65(69(49)46-54)74-61-24-7-9-26-63(61)75(64-27-10-8-25-62(64)74)67-31-15-33-71-76(67)66-28-11-12-32-70(66)77-71/h1-46H. The molecule has 0 unspecified atom stereocenters. The van der Waals surface area contributed by atoms with Crippen LogP contribution in [0.3, 0.4) is 0 Å². The summed E-state index contributed by atoms with van der Waals surface area (Å²) in [5.74, 6) is 0. The Labute approximate surface area is 445 Å². The molecule has 1 heterocycles. The van der Waals surface area contributed by atoms with E-state index in [2.05, 4.69) is 273 Å². The topological polar surface area (TPSA) is 13.1 Å². The van der Waals surface area contributed by atoms with Crippen LogP contribution in [-0.2, 0) is 0 Å². The van der Waals surface area contributed by atoms with Crippen LogP contribution in [0.1, 0.15) is 0 Å². The van der Waals surface area contributed by atoms with Crippen LogP contribution in [0.15, 0.2) is 283 Å². The Morgan fingerprint density at radius 2 is 0.558 bits per heavy atom. The average molecular weight is 975 g/mol. The van der Waals surface area contributed by atoms with Gasteiger partial charge in [-0.15, -0.1) is 0 Å². The number of para-hydroxylation sites is 1. The van der Waals surface area contributed by atoms with Gasteiger partial charge in [0.15, 0.2) is 0 Å². The third-order valence-electron chi connectivity index (χ3n) is 16.4. The van der Waals surface area contributed by atoms with Crippen molar-refractivity contribution in [3.8, 4) is 66.8 Å². The quantitative estimate of drug-likeness (QED) is 0.151. The highest BCUT2D eigenvalue weighted by atomic mass is 16.3. The van der Waals surface area contributed by atoms with Crippen molar-refractivity contribution in [2.24, 2.45) is 0 Å². The highest BCUT2D eigenvalue weighted by Gasteiger charge is 2.22. The molecule has 15 aromatic carbocycles. The van der Waals surface area contributed by atoms with Crippen molar-refractivity contribution in [3.63, 3.8) is 0 Å². The lowest BCUT2D eigenvalue weighted by Gasteiger charge is -2.19. The molecule has 16 rings (SSSR count). The summed E-state index contributed by atoms with van der Waals surface area (Å²) in [5, 5.41) is 19.6. The first-order valence-electron chi connectivity index (χ1n) is 26.6. The molecule has 0 saturated carbocycles. The van der Waals surface area contributed by atoms with Crippen molar-refractivity contribution in [3.05, 3.63) is 279 Å². The number of fused-ring (bicyclic) bond motifs is 10. The molecule has 0 bridgehead atoms. The fourth-order valence-corrected chi connectivity index (χ4v) is 13.0. The summed E-state index contributed by atoms with van der Waals surface area (Å²) < 4.78 is 6.45. The maximum absolute atomic E-state index is 6.45. The van der Waals surface area contributed by atoms with Crippen LogP contribution in [0, 0.1) is 0 Å². The van der Waals surface area contributed by atoms with Crippen LogP contribution in [0.25, 0.3) is 164 Å². The Kier molecular flexibility index (Phi) is 9.71. The highest BCUT2D eigenvalue weighted by molar-refractivity contribution is 6.27. The van der Waals surface area contributed by atoms with Gasteiger partial charge in [0, 0.05) is 10.8 Å². The van der Waals surface area contributed by atoms with E-state index >= 15 is 0 Å². The monoisotopic (exact) mass is 974 g/mol. The zero-order valence-corrected chi connectivity index (χ0v) is 42.0. The van der Waals surface area contributed by atoms with Gasteiger partial charge in [0.1, 0.15) is 11.2 Å². The van der Waals surface area contributed by atoms with Crippen LogP contribution in [0.5, 0.6) is 0 Å². The molecule has 0 N–H and O–H groups in total. The summed E-state index contributed by atoms with van der Waals surface area (Å²) in [7, 11) is 0. The normalized spacial score (nSPS) is 11.9. The Balaban J connectivity index is 0.814. The molecule has 0 spiro atoms. The van der Waals surface area contributed by atoms with Gasteiger partial charge in [0.05, 0.1) is 0 Å². The van der Waals surface area contributed by atoms with Crippen LogP contribution in [0.4, 0.5) is 0 Å². The van der Waals surface area contributed by atoms with E-state index in [-0.39, 0.29) is 0 Å². The second-order valence-corrected chi connectivity index (χ2v) is 20.6. The van der Waals surface area contributed by atoms with E-state index in [9.17, 15) is 0 Å². The Hall–Kier alpha value is -10.1. The van der Waals surface area contributed by atoms with Gasteiger partial charge >= 0.3 is 0 Å². The van der Waals surface area contributed by atoms with Crippen LogP contribution >= 0.6 is 0 Å². The lowest BCUT2D eigenvalue weighted by atomic mass is 9.83. The van der Waals surface area contributed by atoms with Gasteiger partial charge in [0.2, 0.25) is 0 Å². The fourth-order valence-electron chi connectivity index (χ4n) is 13.0. The molecule has 16 aromatic rings. The minimum Gasteiger partial charge on any atom is -0.456 e. The van der Waals surface area contributed by atoms with E-state index in [0.717, 1.165) is 21.9 Å². The molecule has 1 heteroatoms. The first-order chi connectivity index (χ1) is 38.2. The lowest BCUT2D eigenvalue weighted by molar-refractivity contribution is 0.669. The van der Waals surface area contributed by atoms with Crippen molar-refractivity contribution in [2.45, 2.75) is 0 Å². The molecular formula is C76H46O. The van der Waals surface area contributed by atoms with Crippen LogP contribution in [-0.4, -0.2) is 0 Å². The number of hydrogen-bond donors (Lipinski definition) is 0. The van der Waals surface area contributed by atoms with E-state index in [1.165, 1.54) is 142 Å². The predicted octanol–water partition coefficient (Wildman–Crippen LogP) is 21.7. The molecule has 77 heavy (non-hydrogen) atoms. The van der Waals surface area contributed by atoms with Gasteiger partial charge in [-0.1, -0.05) is 249 Å². The molecule has 1 aromatic heterocycles. The summed E-state index contributed by atoms with van der Waals surface area (Å²) >= 11 is 0. The third-order valence-corrected chi connectivity index (χ3v) is 16.4. The first-order valence-corrected chi connectivity index (χ1v) is 26.6. The molecule has 0 aliphatic carbocycles. The average Bonchev–Trinajstić information content (AvgIpc) is 3.91. The zero-order chi connectivity index (χ0) is 50.6. The fraction of sp³-hybridized carbons (Fsp3) is 0. The summed E-state index contributed by atoms with van der Waals surface area (Å²) in [6.07, 6.45) is 0.